The van der Waals surface area contributed by atoms with Gasteiger partial charge >= 0.3 is 6.03 Å². The van der Waals surface area contributed by atoms with Crippen molar-refractivity contribution in [1.82, 2.24) is 15.3 Å². The van der Waals surface area contributed by atoms with Gasteiger partial charge in [0.15, 0.2) is 0 Å². The minimum Gasteiger partial charge on any atom is -0.496 e. The molecule has 0 bridgehead atoms. The molecule has 1 aromatic heterocycles. The van der Waals surface area contributed by atoms with Crippen LogP contribution in [0.1, 0.15) is 17.0 Å². The van der Waals surface area contributed by atoms with E-state index >= 15 is 0 Å². The van der Waals surface area contributed by atoms with Crippen molar-refractivity contribution < 1.29 is 9.53 Å². The summed E-state index contributed by atoms with van der Waals surface area (Å²) in [6.07, 6.45) is 4.09. The first kappa shape index (κ1) is 16.6. The molecule has 3 rings (SSSR count). The van der Waals surface area contributed by atoms with E-state index in [9.17, 15) is 4.79 Å². The molecule has 0 radical (unpaired) electrons. The van der Waals surface area contributed by atoms with Gasteiger partial charge in [-0.1, -0.05) is 30.3 Å². The first-order valence-corrected chi connectivity index (χ1v) is 7.98. The summed E-state index contributed by atoms with van der Waals surface area (Å²) in [6.45, 7) is 0.339. The highest BCUT2D eigenvalue weighted by molar-refractivity contribution is 5.89. The van der Waals surface area contributed by atoms with Crippen LogP contribution in [-0.4, -0.2) is 23.1 Å². The summed E-state index contributed by atoms with van der Waals surface area (Å²) in [5.74, 6) is 1.50. The number of amides is 2. The number of benzene rings is 2. The van der Waals surface area contributed by atoms with Crippen molar-refractivity contribution in [3.63, 3.8) is 0 Å². The van der Waals surface area contributed by atoms with Gasteiger partial charge in [0, 0.05) is 30.1 Å². The van der Waals surface area contributed by atoms with Crippen LogP contribution in [0.4, 0.5) is 10.5 Å². The summed E-state index contributed by atoms with van der Waals surface area (Å²) in [4.78, 5) is 19.0. The van der Waals surface area contributed by atoms with Gasteiger partial charge in [-0.3, -0.25) is 0 Å². The van der Waals surface area contributed by atoms with Crippen LogP contribution in [0.2, 0.25) is 0 Å². The van der Waals surface area contributed by atoms with Crippen molar-refractivity contribution >= 4 is 11.7 Å². The third-order valence-corrected chi connectivity index (χ3v) is 3.75. The van der Waals surface area contributed by atoms with Crippen LogP contribution in [0.5, 0.6) is 5.75 Å². The van der Waals surface area contributed by atoms with Gasteiger partial charge in [-0.2, -0.15) is 0 Å². The average molecular weight is 336 g/mol. The molecule has 1 heterocycles. The maximum Gasteiger partial charge on any atom is 0.319 e. The Morgan fingerprint density at radius 1 is 1.20 bits per heavy atom. The number of nitrogens with one attached hydrogen (secondary N) is 3. The predicted molar refractivity (Wildman–Crippen MR) is 96.7 cm³/mol. The molecule has 2 aromatic carbocycles. The number of methoxy groups -OCH3 is 1. The molecule has 0 atom stereocenters. The number of anilines is 1. The Bertz CT molecular complexity index is 817. The van der Waals surface area contributed by atoms with E-state index in [2.05, 4.69) is 32.7 Å². The van der Waals surface area contributed by atoms with E-state index in [0.29, 0.717) is 18.1 Å². The number of urea groups is 1. The SMILES string of the molecule is COc1ccc(NC(=O)NCc2ncc[nH]2)cc1Cc1ccccc1. The van der Waals surface area contributed by atoms with Gasteiger partial charge in [0.1, 0.15) is 11.6 Å². The topological polar surface area (TPSA) is 79.0 Å². The van der Waals surface area contributed by atoms with Crippen LogP contribution in [0.3, 0.4) is 0 Å². The fourth-order valence-electron chi connectivity index (χ4n) is 2.54. The highest BCUT2D eigenvalue weighted by atomic mass is 16.5. The molecule has 3 aromatic rings. The van der Waals surface area contributed by atoms with E-state index in [0.717, 1.165) is 17.7 Å². The molecule has 2 amide bonds. The van der Waals surface area contributed by atoms with Gasteiger partial charge in [-0.25, -0.2) is 9.78 Å². The maximum absolute atomic E-state index is 12.0. The molecular weight excluding hydrogens is 316 g/mol. The van der Waals surface area contributed by atoms with E-state index in [1.165, 1.54) is 5.56 Å². The lowest BCUT2D eigenvalue weighted by Gasteiger charge is -2.12. The van der Waals surface area contributed by atoms with Gasteiger partial charge in [0.25, 0.3) is 0 Å². The lowest BCUT2D eigenvalue weighted by molar-refractivity contribution is 0.251. The second-order valence-corrected chi connectivity index (χ2v) is 5.53. The zero-order valence-electron chi connectivity index (χ0n) is 14.0. The number of hydrogen-bond donors (Lipinski definition) is 3. The lowest BCUT2D eigenvalue weighted by Crippen LogP contribution is -2.28. The smallest absolute Gasteiger partial charge is 0.319 e. The summed E-state index contributed by atoms with van der Waals surface area (Å²) < 4.78 is 5.43. The van der Waals surface area contributed by atoms with E-state index in [4.69, 9.17) is 4.74 Å². The van der Waals surface area contributed by atoms with Crippen LogP contribution < -0.4 is 15.4 Å². The van der Waals surface area contributed by atoms with Gasteiger partial charge in [0.05, 0.1) is 13.7 Å². The number of nitrogens with zero attached hydrogens (tertiary/aromatic N) is 1. The molecule has 0 fully saturated rings. The molecule has 25 heavy (non-hydrogen) atoms. The molecular formula is C19H20N4O2. The molecule has 0 spiro atoms. The molecule has 0 unspecified atom stereocenters. The standard InChI is InChI=1S/C19H20N4O2/c1-25-17-8-7-16(12-15(17)11-14-5-3-2-4-6-14)23-19(24)22-13-18-20-9-10-21-18/h2-10,12H,11,13H2,1H3,(H,20,21)(H2,22,23,24). The number of H-pyrrole nitrogens is 1. The third-order valence-electron chi connectivity index (χ3n) is 3.75. The summed E-state index contributed by atoms with van der Waals surface area (Å²) in [5, 5.41) is 5.59. The van der Waals surface area contributed by atoms with Crippen molar-refractivity contribution in [2.75, 3.05) is 12.4 Å². The van der Waals surface area contributed by atoms with Crippen LogP contribution in [0.25, 0.3) is 0 Å². The van der Waals surface area contributed by atoms with E-state index in [1.807, 2.05) is 36.4 Å². The van der Waals surface area contributed by atoms with Gasteiger partial charge in [-0.05, 0) is 23.8 Å². The second-order valence-electron chi connectivity index (χ2n) is 5.53. The minimum atomic E-state index is -0.285. The number of carbonyl (C=O) groups is 1. The number of aromatic nitrogens is 2. The molecule has 0 aliphatic rings. The summed E-state index contributed by atoms with van der Waals surface area (Å²) in [5.41, 5.74) is 2.90. The van der Waals surface area contributed by atoms with Crippen molar-refractivity contribution in [1.29, 1.82) is 0 Å². The Hall–Kier alpha value is -3.28. The fourth-order valence-corrected chi connectivity index (χ4v) is 2.54. The Labute approximate surface area is 146 Å². The normalized spacial score (nSPS) is 10.3. The molecule has 0 aliphatic carbocycles. The highest BCUT2D eigenvalue weighted by Gasteiger charge is 2.08. The van der Waals surface area contributed by atoms with E-state index in [1.54, 1.807) is 19.5 Å². The highest BCUT2D eigenvalue weighted by Crippen LogP contribution is 2.25. The number of rotatable bonds is 6. The first-order valence-electron chi connectivity index (χ1n) is 7.98. The summed E-state index contributed by atoms with van der Waals surface area (Å²) in [7, 11) is 1.65. The molecule has 0 saturated heterocycles. The monoisotopic (exact) mass is 336 g/mol. The Kier molecular flexibility index (Phi) is 5.31. The number of aromatic amines is 1. The van der Waals surface area contributed by atoms with Gasteiger partial charge < -0.3 is 20.4 Å². The lowest BCUT2D eigenvalue weighted by atomic mass is 10.0. The number of imidazole rings is 1. The zero-order valence-corrected chi connectivity index (χ0v) is 14.0. The fraction of sp³-hybridized carbons (Fsp3) is 0.158. The summed E-state index contributed by atoms with van der Waals surface area (Å²) >= 11 is 0. The first-order chi connectivity index (χ1) is 12.2. The molecule has 3 N–H and O–H groups in total. The Balaban J connectivity index is 1.67. The molecule has 128 valence electrons. The predicted octanol–water partition coefficient (Wildman–Crippen LogP) is 3.33. The van der Waals surface area contributed by atoms with Crippen molar-refractivity contribution in [2.24, 2.45) is 0 Å². The number of hydrogen-bond acceptors (Lipinski definition) is 3. The van der Waals surface area contributed by atoms with Crippen LogP contribution in [0, 0.1) is 0 Å². The third kappa shape index (κ3) is 4.60. The molecule has 0 aliphatic heterocycles. The van der Waals surface area contributed by atoms with Gasteiger partial charge in [0.2, 0.25) is 0 Å². The largest absolute Gasteiger partial charge is 0.496 e. The zero-order chi connectivity index (χ0) is 17.5. The molecule has 6 heteroatoms. The van der Waals surface area contributed by atoms with Crippen LogP contribution in [-0.2, 0) is 13.0 Å². The van der Waals surface area contributed by atoms with Crippen molar-refractivity contribution in [3.8, 4) is 5.75 Å². The van der Waals surface area contributed by atoms with Crippen LogP contribution in [0.15, 0.2) is 60.9 Å². The maximum atomic E-state index is 12.0. The minimum absolute atomic E-state index is 0.285. The second kappa shape index (κ2) is 8.01. The summed E-state index contributed by atoms with van der Waals surface area (Å²) in [6, 6.07) is 15.5. The van der Waals surface area contributed by atoms with Crippen molar-refractivity contribution in [2.45, 2.75) is 13.0 Å². The van der Waals surface area contributed by atoms with Crippen molar-refractivity contribution in [3.05, 3.63) is 77.9 Å². The molecule has 6 nitrogen and oxygen atoms in total. The number of ether oxygens (including phenoxy) is 1. The quantitative estimate of drug-likeness (QED) is 0.646. The Morgan fingerprint density at radius 2 is 2.04 bits per heavy atom. The molecule has 0 saturated carbocycles. The van der Waals surface area contributed by atoms with E-state index in [-0.39, 0.29) is 6.03 Å². The number of carbonyl (C=O) groups excluding carboxylic acids is 1. The van der Waals surface area contributed by atoms with Gasteiger partial charge in [-0.15, -0.1) is 0 Å². The van der Waals surface area contributed by atoms with Crippen LogP contribution >= 0.6 is 0 Å². The Morgan fingerprint density at radius 3 is 2.76 bits per heavy atom. The van der Waals surface area contributed by atoms with E-state index < -0.39 is 0 Å². The average Bonchev–Trinajstić information content (AvgIpc) is 3.15.